The molecule has 0 saturated carbocycles. The molecule has 0 aliphatic rings. The van der Waals surface area contributed by atoms with Gasteiger partial charge in [0, 0.05) is 11.6 Å². The van der Waals surface area contributed by atoms with Gasteiger partial charge in [-0.05, 0) is 49.1 Å². The van der Waals surface area contributed by atoms with E-state index in [1.807, 2.05) is 13.8 Å². The van der Waals surface area contributed by atoms with E-state index >= 15 is 0 Å². The average Bonchev–Trinajstić information content (AvgIpc) is 2.09. The minimum Gasteiger partial charge on any atom is -0.224 e. The minimum atomic E-state index is -3.09. The molecule has 0 amide bonds. The van der Waals surface area contributed by atoms with Gasteiger partial charge in [-0.1, -0.05) is 15.9 Å². The zero-order chi connectivity index (χ0) is 11.6. The first-order valence-electron chi connectivity index (χ1n) is 4.72. The summed E-state index contributed by atoms with van der Waals surface area (Å²) >= 11 is 3.39. The topological polar surface area (TPSA) is 34.1 Å². The molecule has 0 bridgehead atoms. The quantitative estimate of drug-likeness (QED) is 0.802. The average molecular weight is 291 g/mol. The van der Waals surface area contributed by atoms with E-state index in [-0.39, 0.29) is 0 Å². The summed E-state index contributed by atoms with van der Waals surface area (Å²) in [5, 5.41) is 0.896. The van der Waals surface area contributed by atoms with Gasteiger partial charge in [0.25, 0.3) is 0 Å². The highest BCUT2D eigenvalue weighted by molar-refractivity contribution is 9.09. The Hall–Kier alpha value is -0.350. The molecule has 0 N–H and O–H groups in total. The fourth-order valence-electron chi connectivity index (χ4n) is 1.66. The maximum atomic E-state index is 11.4. The van der Waals surface area contributed by atoms with Crippen molar-refractivity contribution in [1.29, 1.82) is 0 Å². The van der Waals surface area contributed by atoms with Crippen LogP contribution in [0, 0.1) is 13.8 Å². The second kappa shape index (κ2) is 4.66. The third-order valence-electron chi connectivity index (χ3n) is 2.44. The molecule has 2 nitrogen and oxygen atoms in total. The molecule has 1 aromatic rings. The molecule has 0 atom stereocenters. The molecule has 84 valence electrons. The lowest BCUT2D eigenvalue weighted by Crippen LogP contribution is -2.02. The van der Waals surface area contributed by atoms with Crippen LogP contribution in [0.25, 0.3) is 0 Å². The van der Waals surface area contributed by atoms with Crippen LogP contribution in [-0.4, -0.2) is 20.0 Å². The predicted molar refractivity (Wildman–Crippen MR) is 66.5 cm³/mol. The van der Waals surface area contributed by atoms with E-state index < -0.39 is 9.84 Å². The molecular weight excluding hydrogens is 276 g/mol. The van der Waals surface area contributed by atoms with E-state index in [2.05, 4.69) is 15.9 Å². The summed E-state index contributed by atoms with van der Waals surface area (Å²) in [5.41, 5.74) is 3.34. The molecule has 0 saturated heterocycles. The van der Waals surface area contributed by atoms with Crippen molar-refractivity contribution in [2.45, 2.75) is 25.2 Å². The molecule has 0 spiro atoms. The van der Waals surface area contributed by atoms with E-state index in [4.69, 9.17) is 0 Å². The number of hydrogen-bond donors (Lipinski definition) is 0. The third kappa shape index (κ3) is 3.05. The highest BCUT2D eigenvalue weighted by atomic mass is 79.9. The summed E-state index contributed by atoms with van der Waals surface area (Å²) in [5.74, 6) is 0. The zero-order valence-electron chi connectivity index (χ0n) is 9.17. The van der Waals surface area contributed by atoms with Crippen molar-refractivity contribution in [2.24, 2.45) is 0 Å². The van der Waals surface area contributed by atoms with Gasteiger partial charge in [-0.15, -0.1) is 0 Å². The lowest BCUT2D eigenvalue weighted by atomic mass is 10.0. The summed E-state index contributed by atoms with van der Waals surface area (Å²) in [7, 11) is -3.09. The Morgan fingerprint density at radius 3 is 2.00 bits per heavy atom. The van der Waals surface area contributed by atoms with Crippen LogP contribution in [-0.2, 0) is 16.3 Å². The van der Waals surface area contributed by atoms with Gasteiger partial charge >= 0.3 is 0 Å². The third-order valence-corrected chi connectivity index (χ3v) is 3.93. The van der Waals surface area contributed by atoms with Crippen molar-refractivity contribution in [2.75, 3.05) is 11.6 Å². The molecule has 15 heavy (non-hydrogen) atoms. The molecule has 0 aromatic heterocycles. The Morgan fingerprint density at radius 1 is 1.20 bits per heavy atom. The van der Waals surface area contributed by atoms with Gasteiger partial charge in [-0.25, -0.2) is 8.42 Å². The Bertz CT molecular complexity index is 440. The second-order valence-electron chi connectivity index (χ2n) is 3.75. The summed E-state index contributed by atoms with van der Waals surface area (Å²) in [4.78, 5) is 0.413. The molecular formula is C11H15BrO2S. The van der Waals surface area contributed by atoms with Crippen LogP contribution in [0.15, 0.2) is 17.0 Å². The van der Waals surface area contributed by atoms with Crippen LogP contribution in [0.1, 0.15) is 16.7 Å². The molecule has 0 aliphatic carbocycles. The molecule has 1 aromatic carbocycles. The lowest BCUT2D eigenvalue weighted by Gasteiger charge is -2.10. The Kier molecular flexibility index (Phi) is 3.95. The van der Waals surface area contributed by atoms with Crippen LogP contribution in [0.3, 0.4) is 0 Å². The maximum absolute atomic E-state index is 11.4. The standard InChI is InChI=1S/C11H15BrO2S/c1-8-6-10(15(3,13)14)7-9(2)11(8)4-5-12/h6-7H,4-5H2,1-3H3. The van der Waals surface area contributed by atoms with Crippen LogP contribution >= 0.6 is 15.9 Å². The molecule has 0 radical (unpaired) electrons. The summed E-state index contributed by atoms with van der Waals surface area (Å²) in [6, 6.07) is 3.50. The molecule has 4 heteroatoms. The first-order valence-corrected chi connectivity index (χ1v) is 7.73. The highest BCUT2D eigenvalue weighted by Crippen LogP contribution is 2.20. The number of rotatable bonds is 3. The van der Waals surface area contributed by atoms with Crippen molar-refractivity contribution in [3.63, 3.8) is 0 Å². The van der Waals surface area contributed by atoms with Crippen molar-refractivity contribution >= 4 is 25.8 Å². The first-order chi connectivity index (χ1) is 6.86. The largest absolute Gasteiger partial charge is 0.224 e. The summed E-state index contributed by atoms with van der Waals surface area (Å²) in [6.45, 7) is 3.92. The van der Waals surface area contributed by atoms with Gasteiger partial charge in [0.1, 0.15) is 0 Å². The fourth-order valence-corrected chi connectivity index (χ4v) is 2.83. The van der Waals surface area contributed by atoms with E-state index in [1.54, 1.807) is 12.1 Å². The molecule has 1 rings (SSSR count). The zero-order valence-corrected chi connectivity index (χ0v) is 11.6. The Labute approximate surface area is 99.7 Å². The molecule has 0 unspecified atom stereocenters. The minimum absolute atomic E-state index is 0.413. The van der Waals surface area contributed by atoms with Crippen molar-refractivity contribution in [3.8, 4) is 0 Å². The van der Waals surface area contributed by atoms with Crippen LogP contribution < -0.4 is 0 Å². The Balaban J connectivity index is 3.32. The van der Waals surface area contributed by atoms with Crippen molar-refractivity contribution < 1.29 is 8.42 Å². The van der Waals surface area contributed by atoms with Crippen LogP contribution in [0.4, 0.5) is 0 Å². The van der Waals surface area contributed by atoms with Gasteiger partial charge in [0.05, 0.1) is 4.90 Å². The van der Waals surface area contributed by atoms with Crippen LogP contribution in [0.2, 0.25) is 0 Å². The summed E-state index contributed by atoms with van der Waals surface area (Å²) < 4.78 is 22.8. The normalized spacial score (nSPS) is 11.7. The van der Waals surface area contributed by atoms with Crippen molar-refractivity contribution in [3.05, 3.63) is 28.8 Å². The van der Waals surface area contributed by atoms with E-state index in [0.717, 1.165) is 22.9 Å². The number of benzene rings is 1. The smallest absolute Gasteiger partial charge is 0.175 e. The van der Waals surface area contributed by atoms with Crippen molar-refractivity contribution in [1.82, 2.24) is 0 Å². The summed E-state index contributed by atoms with van der Waals surface area (Å²) in [6.07, 6.45) is 2.17. The van der Waals surface area contributed by atoms with Crippen LogP contribution in [0.5, 0.6) is 0 Å². The van der Waals surface area contributed by atoms with E-state index in [0.29, 0.717) is 4.90 Å². The van der Waals surface area contributed by atoms with Gasteiger partial charge in [0.2, 0.25) is 0 Å². The monoisotopic (exact) mass is 290 g/mol. The maximum Gasteiger partial charge on any atom is 0.175 e. The lowest BCUT2D eigenvalue weighted by molar-refractivity contribution is 0.601. The molecule has 0 aliphatic heterocycles. The predicted octanol–water partition coefficient (Wildman–Crippen LogP) is 2.64. The Morgan fingerprint density at radius 2 is 1.67 bits per heavy atom. The second-order valence-corrected chi connectivity index (χ2v) is 6.56. The first kappa shape index (κ1) is 12.7. The highest BCUT2D eigenvalue weighted by Gasteiger charge is 2.11. The van der Waals surface area contributed by atoms with E-state index in [9.17, 15) is 8.42 Å². The number of aryl methyl sites for hydroxylation is 2. The van der Waals surface area contributed by atoms with Gasteiger partial charge < -0.3 is 0 Å². The van der Waals surface area contributed by atoms with E-state index in [1.165, 1.54) is 11.8 Å². The van der Waals surface area contributed by atoms with Gasteiger partial charge in [-0.2, -0.15) is 0 Å². The number of hydrogen-bond acceptors (Lipinski definition) is 2. The SMILES string of the molecule is Cc1cc(S(C)(=O)=O)cc(C)c1CCBr. The van der Waals surface area contributed by atoms with Gasteiger partial charge in [0.15, 0.2) is 9.84 Å². The number of sulfone groups is 1. The fraction of sp³-hybridized carbons (Fsp3) is 0.455. The number of halogens is 1. The molecule has 0 heterocycles. The molecule has 0 fully saturated rings. The number of alkyl halides is 1. The van der Waals surface area contributed by atoms with Gasteiger partial charge in [-0.3, -0.25) is 0 Å².